The van der Waals surface area contributed by atoms with Gasteiger partial charge in [0.1, 0.15) is 0 Å². The maximum Gasteiger partial charge on any atom is 0.261 e. The highest BCUT2D eigenvalue weighted by molar-refractivity contribution is 5.93. The molecule has 0 aromatic rings. The molecule has 1 amide bonds. The summed E-state index contributed by atoms with van der Waals surface area (Å²) >= 11 is 0. The van der Waals surface area contributed by atoms with Gasteiger partial charge in [-0.05, 0) is 18.8 Å². The van der Waals surface area contributed by atoms with E-state index < -0.39 is 0 Å². The van der Waals surface area contributed by atoms with Crippen molar-refractivity contribution in [1.29, 1.82) is 0 Å². The first-order valence-corrected chi connectivity index (χ1v) is 4.55. The summed E-state index contributed by atoms with van der Waals surface area (Å²) in [6.07, 6.45) is 5.66. The van der Waals surface area contributed by atoms with Crippen LogP contribution in [0.15, 0.2) is 23.3 Å². The van der Waals surface area contributed by atoms with Crippen LogP contribution in [0.25, 0.3) is 0 Å². The molecule has 0 saturated heterocycles. The maximum absolute atomic E-state index is 11.1. The van der Waals surface area contributed by atoms with Gasteiger partial charge in [-0.1, -0.05) is 31.6 Å². The Morgan fingerprint density at radius 3 is 2.54 bits per heavy atom. The van der Waals surface area contributed by atoms with Gasteiger partial charge < -0.3 is 0 Å². The van der Waals surface area contributed by atoms with Crippen molar-refractivity contribution in [1.82, 2.24) is 5.43 Å². The molecular formula is C10H16N2O. The van der Waals surface area contributed by atoms with E-state index in [4.69, 9.17) is 5.84 Å². The fourth-order valence-electron chi connectivity index (χ4n) is 1.42. The largest absolute Gasteiger partial charge is 0.290 e. The molecule has 0 unspecified atom stereocenters. The maximum atomic E-state index is 11.1. The Morgan fingerprint density at radius 2 is 2.15 bits per heavy atom. The lowest BCUT2D eigenvalue weighted by atomic mass is 9.91. The second kappa shape index (κ2) is 4.23. The van der Waals surface area contributed by atoms with Crippen molar-refractivity contribution in [3.8, 4) is 0 Å². The van der Waals surface area contributed by atoms with Gasteiger partial charge in [0, 0.05) is 5.57 Å². The summed E-state index contributed by atoms with van der Waals surface area (Å²) in [4.78, 5) is 11.1. The molecule has 0 aromatic heterocycles. The summed E-state index contributed by atoms with van der Waals surface area (Å²) in [7, 11) is 0. The Bertz CT molecular complexity index is 264. The minimum atomic E-state index is -0.168. The van der Waals surface area contributed by atoms with E-state index in [0.717, 1.165) is 18.4 Å². The average Bonchev–Trinajstić information content (AvgIpc) is 2.17. The number of carbonyl (C=O) groups excluding carboxylic acids is 1. The van der Waals surface area contributed by atoms with Crippen molar-refractivity contribution in [2.45, 2.75) is 26.7 Å². The summed E-state index contributed by atoms with van der Waals surface area (Å²) in [5.74, 6) is 5.44. The molecule has 1 aliphatic carbocycles. The van der Waals surface area contributed by atoms with Crippen molar-refractivity contribution >= 4 is 5.91 Å². The third kappa shape index (κ3) is 2.42. The molecule has 0 aromatic carbocycles. The molecule has 1 rings (SSSR count). The molecule has 0 fully saturated rings. The van der Waals surface area contributed by atoms with E-state index in [1.54, 1.807) is 0 Å². The molecule has 0 heterocycles. The van der Waals surface area contributed by atoms with E-state index in [1.807, 2.05) is 12.2 Å². The number of allylic oxidation sites excluding steroid dienone is 3. The lowest BCUT2D eigenvalue weighted by molar-refractivity contribution is -0.117. The van der Waals surface area contributed by atoms with Gasteiger partial charge in [0.05, 0.1) is 0 Å². The van der Waals surface area contributed by atoms with Crippen molar-refractivity contribution in [2.75, 3.05) is 0 Å². The van der Waals surface area contributed by atoms with Crippen LogP contribution in [0.3, 0.4) is 0 Å². The predicted molar refractivity (Wildman–Crippen MR) is 52.6 cm³/mol. The smallest absolute Gasteiger partial charge is 0.261 e. The number of hydrogen-bond donors (Lipinski definition) is 2. The fourth-order valence-corrected chi connectivity index (χ4v) is 1.42. The van der Waals surface area contributed by atoms with Gasteiger partial charge >= 0.3 is 0 Å². The van der Waals surface area contributed by atoms with Gasteiger partial charge in [-0.15, -0.1) is 0 Å². The molecule has 0 atom stereocenters. The van der Waals surface area contributed by atoms with E-state index in [2.05, 4.69) is 19.3 Å². The quantitative estimate of drug-likeness (QED) is 0.382. The molecule has 0 aliphatic heterocycles. The van der Waals surface area contributed by atoms with Gasteiger partial charge in [-0.2, -0.15) is 0 Å². The second-order valence-corrected chi connectivity index (χ2v) is 3.56. The molecule has 3 heteroatoms. The lowest BCUT2D eigenvalue weighted by Crippen LogP contribution is -2.31. The van der Waals surface area contributed by atoms with Gasteiger partial charge in [-0.3, -0.25) is 10.2 Å². The number of rotatable bonds is 2. The highest BCUT2D eigenvalue weighted by atomic mass is 16.2. The van der Waals surface area contributed by atoms with E-state index in [-0.39, 0.29) is 5.91 Å². The topological polar surface area (TPSA) is 55.1 Å². The van der Waals surface area contributed by atoms with E-state index >= 15 is 0 Å². The standard InChI is InChI=1S/C10H16N2O/c1-7(2)8-3-5-9(6-4-8)10(13)12-11/h3,5,7H,4,6,11H2,1-2H3,(H,12,13). The van der Waals surface area contributed by atoms with Crippen LogP contribution in [-0.2, 0) is 4.79 Å². The summed E-state index contributed by atoms with van der Waals surface area (Å²) in [5, 5.41) is 0. The van der Waals surface area contributed by atoms with Crippen LogP contribution in [0.5, 0.6) is 0 Å². The first kappa shape index (κ1) is 9.99. The molecule has 0 spiro atoms. The Hall–Kier alpha value is -1.09. The number of nitrogens with one attached hydrogen (secondary N) is 1. The van der Waals surface area contributed by atoms with Crippen LogP contribution in [0.2, 0.25) is 0 Å². The Labute approximate surface area is 78.7 Å². The number of hydrazine groups is 1. The van der Waals surface area contributed by atoms with Crippen LogP contribution in [-0.4, -0.2) is 5.91 Å². The van der Waals surface area contributed by atoms with Crippen molar-refractivity contribution in [3.05, 3.63) is 23.3 Å². The molecule has 3 nitrogen and oxygen atoms in total. The van der Waals surface area contributed by atoms with Crippen LogP contribution < -0.4 is 11.3 Å². The molecule has 1 aliphatic rings. The monoisotopic (exact) mass is 180 g/mol. The van der Waals surface area contributed by atoms with Crippen LogP contribution in [0.4, 0.5) is 0 Å². The van der Waals surface area contributed by atoms with Crippen LogP contribution in [0.1, 0.15) is 26.7 Å². The zero-order chi connectivity index (χ0) is 9.84. The predicted octanol–water partition coefficient (Wildman–Crippen LogP) is 1.28. The number of hydrogen-bond acceptors (Lipinski definition) is 2. The highest BCUT2D eigenvalue weighted by Gasteiger charge is 2.13. The van der Waals surface area contributed by atoms with Gasteiger partial charge in [0.2, 0.25) is 0 Å². The van der Waals surface area contributed by atoms with Crippen LogP contribution in [0, 0.1) is 5.92 Å². The summed E-state index contributed by atoms with van der Waals surface area (Å²) in [6, 6.07) is 0. The second-order valence-electron chi connectivity index (χ2n) is 3.56. The highest BCUT2D eigenvalue weighted by Crippen LogP contribution is 2.23. The van der Waals surface area contributed by atoms with E-state index in [0.29, 0.717) is 5.92 Å². The SMILES string of the molecule is CC(C)C1=CC=C(C(=O)NN)CC1. The Kier molecular flexibility index (Phi) is 3.25. The Balaban J connectivity index is 2.70. The van der Waals surface area contributed by atoms with Gasteiger partial charge in [0.15, 0.2) is 0 Å². The average molecular weight is 180 g/mol. The first-order chi connectivity index (χ1) is 6.15. The molecule has 0 radical (unpaired) electrons. The zero-order valence-corrected chi connectivity index (χ0v) is 8.13. The third-order valence-corrected chi connectivity index (χ3v) is 2.35. The van der Waals surface area contributed by atoms with E-state index in [1.165, 1.54) is 5.57 Å². The number of carbonyl (C=O) groups is 1. The molecule has 3 N–H and O–H groups in total. The van der Waals surface area contributed by atoms with Gasteiger partial charge in [0.25, 0.3) is 5.91 Å². The molecule has 13 heavy (non-hydrogen) atoms. The number of nitrogens with two attached hydrogens (primary N) is 1. The van der Waals surface area contributed by atoms with Crippen molar-refractivity contribution in [3.63, 3.8) is 0 Å². The van der Waals surface area contributed by atoms with Crippen molar-refractivity contribution < 1.29 is 4.79 Å². The third-order valence-electron chi connectivity index (χ3n) is 2.35. The zero-order valence-electron chi connectivity index (χ0n) is 8.13. The summed E-state index contributed by atoms with van der Waals surface area (Å²) in [6.45, 7) is 4.32. The van der Waals surface area contributed by atoms with Crippen LogP contribution >= 0.6 is 0 Å². The molecule has 72 valence electrons. The van der Waals surface area contributed by atoms with Gasteiger partial charge in [-0.25, -0.2) is 5.84 Å². The minimum Gasteiger partial charge on any atom is -0.290 e. The summed E-state index contributed by atoms with van der Waals surface area (Å²) in [5.41, 5.74) is 4.31. The lowest BCUT2D eigenvalue weighted by Gasteiger charge is -2.16. The normalized spacial score (nSPS) is 16.6. The first-order valence-electron chi connectivity index (χ1n) is 4.55. The molecule has 0 bridgehead atoms. The molecular weight excluding hydrogens is 164 g/mol. The van der Waals surface area contributed by atoms with Crippen molar-refractivity contribution in [2.24, 2.45) is 11.8 Å². The summed E-state index contributed by atoms with van der Waals surface area (Å²) < 4.78 is 0. The molecule has 0 saturated carbocycles. The Morgan fingerprint density at radius 1 is 1.46 bits per heavy atom. The number of amides is 1. The minimum absolute atomic E-state index is 0.168. The fraction of sp³-hybridized carbons (Fsp3) is 0.500. The van der Waals surface area contributed by atoms with E-state index in [9.17, 15) is 4.79 Å².